The number of nitrogens with zero attached hydrogens (tertiary/aromatic N) is 5. The molecule has 15 heteroatoms. The molecule has 58 heavy (non-hydrogen) atoms. The van der Waals surface area contributed by atoms with Gasteiger partial charge in [0.1, 0.15) is 13.1 Å². The average molecular weight is 790 g/mol. The van der Waals surface area contributed by atoms with Gasteiger partial charge in [-0.1, -0.05) is 39.0 Å². The van der Waals surface area contributed by atoms with Crippen LogP contribution in [0.15, 0.2) is 114 Å². The van der Waals surface area contributed by atoms with Crippen molar-refractivity contribution in [2.45, 2.75) is 59.0 Å². The van der Waals surface area contributed by atoms with Crippen molar-refractivity contribution >= 4 is 40.8 Å². The summed E-state index contributed by atoms with van der Waals surface area (Å²) in [4.78, 5) is 81.9. The Bertz CT molecular complexity index is 2340. The molecular formula is C43H47N7O8. The summed E-state index contributed by atoms with van der Waals surface area (Å²) >= 11 is 0. The molecule has 1 saturated heterocycles. The first-order chi connectivity index (χ1) is 27.9. The Morgan fingerprint density at radius 3 is 2.07 bits per heavy atom. The molecular weight excluding hydrogens is 743 g/mol. The lowest BCUT2D eigenvalue weighted by Gasteiger charge is -2.37. The predicted octanol–water partition coefficient (Wildman–Crippen LogP) is 5.58. The molecule has 5 aromatic rings. The fourth-order valence-electron chi connectivity index (χ4n) is 6.56. The largest absolute Gasteiger partial charge is 0.480 e. The minimum absolute atomic E-state index is 0.142. The summed E-state index contributed by atoms with van der Waals surface area (Å²) in [5, 5.41) is 23.6. The Kier molecular flexibility index (Phi) is 14.4. The van der Waals surface area contributed by atoms with E-state index in [-0.39, 0.29) is 35.1 Å². The number of anilines is 3. The number of benzene rings is 1. The number of aliphatic carboxylic acids is 2. The molecule has 4 N–H and O–H groups in total. The quantitative estimate of drug-likeness (QED) is 0.130. The number of rotatable bonds is 11. The zero-order chi connectivity index (χ0) is 41.8. The minimum atomic E-state index is -1.12. The second-order valence-electron chi connectivity index (χ2n) is 13.8. The second-order valence-corrected chi connectivity index (χ2v) is 13.8. The SMILES string of the molecule is CC.CC1CCN(c2cccnc2)CC1C(=O)Nc1ccc(=O)n(CC(=O)O)c1.O=C(O)Cn1cc(NC(=O)c2cccc(-c3cccnc3)c2)c(C2CC2)cc1=O. The van der Waals surface area contributed by atoms with Gasteiger partial charge in [0.25, 0.3) is 17.0 Å². The van der Waals surface area contributed by atoms with E-state index in [0.717, 1.165) is 57.3 Å². The first-order valence-corrected chi connectivity index (χ1v) is 19.1. The maximum absolute atomic E-state index is 12.9. The topological polar surface area (TPSA) is 206 Å². The molecule has 1 aliphatic carbocycles. The van der Waals surface area contributed by atoms with Gasteiger partial charge in [0.05, 0.1) is 29.2 Å². The van der Waals surface area contributed by atoms with Crippen molar-refractivity contribution in [1.82, 2.24) is 19.1 Å². The van der Waals surface area contributed by atoms with Crippen LogP contribution in [0, 0.1) is 11.8 Å². The molecule has 2 amide bonds. The molecule has 1 saturated carbocycles. The number of carbonyl (C=O) groups is 4. The average Bonchev–Trinajstić information content (AvgIpc) is 4.08. The molecule has 1 aliphatic heterocycles. The molecule has 4 aromatic heterocycles. The van der Waals surface area contributed by atoms with Crippen LogP contribution in [0.2, 0.25) is 0 Å². The third kappa shape index (κ3) is 11.3. The van der Waals surface area contributed by atoms with Gasteiger partial charge in [0, 0.05) is 67.3 Å². The Morgan fingerprint density at radius 2 is 1.43 bits per heavy atom. The van der Waals surface area contributed by atoms with Crippen LogP contribution >= 0.6 is 0 Å². The zero-order valence-corrected chi connectivity index (χ0v) is 32.6. The number of aromatic nitrogens is 4. The van der Waals surface area contributed by atoms with Crippen molar-refractivity contribution < 1.29 is 29.4 Å². The number of carboxylic acid groups (broad SMARTS) is 2. The normalized spacial score (nSPS) is 15.7. The van der Waals surface area contributed by atoms with Gasteiger partial charge in [0.2, 0.25) is 5.91 Å². The van der Waals surface area contributed by atoms with Crippen LogP contribution in [0.3, 0.4) is 0 Å². The van der Waals surface area contributed by atoms with E-state index in [1.54, 1.807) is 43.0 Å². The summed E-state index contributed by atoms with van der Waals surface area (Å²) in [7, 11) is 0. The summed E-state index contributed by atoms with van der Waals surface area (Å²) in [6.07, 6.45) is 12.5. The summed E-state index contributed by atoms with van der Waals surface area (Å²) < 4.78 is 2.15. The van der Waals surface area contributed by atoms with Crippen LogP contribution in [0.4, 0.5) is 17.1 Å². The van der Waals surface area contributed by atoms with Crippen LogP contribution < -0.4 is 26.7 Å². The number of nitrogens with one attached hydrogen (secondary N) is 2. The van der Waals surface area contributed by atoms with Gasteiger partial charge in [-0.15, -0.1) is 0 Å². The monoisotopic (exact) mass is 789 g/mol. The molecule has 2 unspecified atom stereocenters. The molecule has 1 aromatic carbocycles. The molecule has 0 spiro atoms. The van der Waals surface area contributed by atoms with Crippen LogP contribution in [-0.2, 0) is 27.5 Å². The molecule has 2 atom stereocenters. The van der Waals surface area contributed by atoms with Crippen LogP contribution in [0.5, 0.6) is 0 Å². The zero-order valence-electron chi connectivity index (χ0n) is 32.6. The highest BCUT2D eigenvalue weighted by Gasteiger charge is 2.32. The highest BCUT2D eigenvalue weighted by Crippen LogP contribution is 2.43. The lowest BCUT2D eigenvalue weighted by Crippen LogP contribution is -2.45. The van der Waals surface area contributed by atoms with Crippen molar-refractivity contribution in [2.75, 3.05) is 28.6 Å². The predicted molar refractivity (Wildman–Crippen MR) is 220 cm³/mol. The molecule has 0 radical (unpaired) electrons. The number of carboxylic acids is 2. The first kappa shape index (κ1) is 42.2. The van der Waals surface area contributed by atoms with Gasteiger partial charge in [-0.25, -0.2) is 0 Å². The van der Waals surface area contributed by atoms with Crippen molar-refractivity contribution in [3.05, 3.63) is 136 Å². The standard InChI is InChI=1S/C22H19N3O4.C19H22N4O4.C2H6/c26-20-10-18(14-6-7-14)19(12-25(20)13-21(27)28)24-22(29)16-4-1-3-15(9-16)17-5-2-8-23-11-17;1-13-6-8-22(15-3-2-7-20-9-15)11-16(13)19(27)21-14-4-5-17(24)23(10-14)12-18(25)26;1-2/h1-5,8-12,14H,6-7,13H2,(H,24,29)(H,27,28);2-5,7,9-10,13,16H,6,8,11-12H2,1H3,(H,21,27)(H,25,26);1-2H3. The number of pyridine rings is 4. The second kappa shape index (κ2) is 19.8. The molecule has 302 valence electrons. The van der Waals surface area contributed by atoms with E-state index in [1.807, 2.05) is 44.2 Å². The molecule has 2 fully saturated rings. The smallest absolute Gasteiger partial charge is 0.323 e. The highest BCUT2D eigenvalue weighted by atomic mass is 16.4. The Balaban J connectivity index is 0.000000213. The first-order valence-electron chi connectivity index (χ1n) is 19.1. The molecule has 5 heterocycles. The van der Waals surface area contributed by atoms with Crippen molar-refractivity contribution in [3.63, 3.8) is 0 Å². The van der Waals surface area contributed by atoms with E-state index in [1.165, 1.54) is 30.6 Å². The van der Waals surface area contributed by atoms with Gasteiger partial charge in [0.15, 0.2) is 0 Å². The Hall–Kier alpha value is -6.90. The van der Waals surface area contributed by atoms with Crippen molar-refractivity contribution in [1.29, 1.82) is 0 Å². The number of amides is 2. The maximum atomic E-state index is 12.9. The van der Waals surface area contributed by atoms with E-state index in [2.05, 4.69) is 32.4 Å². The fourth-order valence-corrected chi connectivity index (χ4v) is 6.56. The molecule has 15 nitrogen and oxygen atoms in total. The number of hydrogen-bond acceptors (Lipinski definition) is 9. The summed E-state index contributed by atoms with van der Waals surface area (Å²) in [6.45, 7) is 6.59. The third-order valence-electron chi connectivity index (χ3n) is 9.71. The summed E-state index contributed by atoms with van der Waals surface area (Å²) in [6, 6.07) is 18.9. The van der Waals surface area contributed by atoms with E-state index in [9.17, 15) is 28.8 Å². The third-order valence-corrected chi connectivity index (χ3v) is 9.71. The van der Waals surface area contributed by atoms with Crippen LogP contribution in [-0.4, -0.2) is 66.2 Å². The lowest BCUT2D eigenvalue weighted by molar-refractivity contribution is -0.138. The van der Waals surface area contributed by atoms with Crippen molar-refractivity contribution in [2.24, 2.45) is 11.8 Å². The Labute approximate surface area is 335 Å². The van der Waals surface area contributed by atoms with Gasteiger partial charge < -0.3 is 34.9 Å². The van der Waals surface area contributed by atoms with E-state index >= 15 is 0 Å². The van der Waals surface area contributed by atoms with Gasteiger partial charge in [-0.2, -0.15) is 0 Å². The maximum Gasteiger partial charge on any atom is 0.323 e. The van der Waals surface area contributed by atoms with E-state index in [4.69, 9.17) is 10.2 Å². The number of carbonyl (C=O) groups excluding carboxylic acids is 2. The minimum Gasteiger partial charge on any atom is -0.480 e. The summed E-state index contributed by atoms with van der Waals surface area (Å²) in [5.74, 6) is -2.49. The number of hydrogen-bond donors (Lipinski definition) is 4. The molecule has 0 bridgehead atoms. The number of piperidine rings is 1. The highest BCUT2D eigenvalue weighted by molar-refractivity contribution is 6.05. The van der Waals surface area contributed by atoms with E-state index < -0.39 is 30.6 Å². The fraction of sp³-hybridized carbons (Fsp3) is 0.302. The van der Waals surface area contributed by atoms with E-state index in [0.29, 0.717) is 23.5 Å². The summed E-state index contributed by atoms with van der Waals surface area (Å²) in [5.41, 5.74) is 4.04. The Morgan fingerprint density at radius 1 is 0.759 bits per heavy atom. The van der Waals surface area contributed by atoms with Crippen LogP contribution in [0.1, 0.15) is 61.9 Å². The van der Waals surface area contributed by atoms with Gasteiger partial charge in [-0.05, 0) is 78.6 Å². The van der Waals surface area contributed by atoms with Crippen LogP contribution in [0.25, 0.3) is 11.1 Å². The molecule has 7 rings (SSSR count). The van der Waals surface area contributed by atoms with Crippen molar-refractivity contribution in [3.8, 4) is 11.1 Å². The lowest BCUT2D eigenvalue weighted by atomic mass is 9.86. The van der Waals surface area contributed by atoms with Gasteiger partial charge in [-0.3, -0.25) is 38.7 Å². The van der Waals surface area contributed by atoms with Gasteiger partial charge >= 0.3 is 11.9 Å². The molecule has 2 aliphatic rings.